The predicted octanol–water partition coefficient (Wildman–Crippen LogP) is 4.19. The number of nitrogen functional groups attached to an aromatic ring is 1. The lowest BCUT2D eigenvalue weighted by Crippen LogP contribution is -2.26. The minimum atomic E-state index is -0.390. The van der Waals surface area contributed by atoms with Gasteiger partial charge >= 0.3 is 0 Å². The Balaban J connectivity index is 2.09. The van der Waals surface area contributed by atoms with Crippen LogP contribution in [0.25, 0.3) is 0 Å². The second kappa shape index (κ2) is 6.82. The average molecular weight is 280 g/mol. The number of halogens is 1. The highest BCUT2D eigenvalue weighted by atomic mass is 19.1. The van der Waals surface area contributed by atoms with E-state index in [2.05, 4.69) is 12.2 Å². The van der Waals surface area contributed by atoms with Crippen molar-refractivity contribution >= 4 is 11.4 Å². The lowest BCUT2D eigenvalue weighted by Gasteiger charge is -2.29. The molecule has 2 atom stereocenters. The fraction of sp³-hybridized carbons (Fsp3) is 0.625. The lowest BCUT2D eigenvalue weighted by molar-refractivity contribution is 0.301. The van der Waals surface area contributed by atoms with Crippen molar-refractivity contribution in [2.75, 3.05) is 17.7 Å². The fourth-order valence-electron chi connectivity index (χ4n) is 2.80. The largest absolute Gasteiger partial charge is 0.490 e. The summed E-state index contributed by atoms with van der Waals surface area (Å²) < 4.78 is 19.2. The predicted molar refractivity (Wildman–Crippen MR) is 81.6 cm³/mol. The lowest BCUT2D eigenvalue weighted by atomic mass is 9.87. The number of anilines is 2. The summed E-state index contributed by atoms with van der Waals surface area (Å²) in [4.78, 5) is 0. The Hall–Kier alpha value is -1.45. The van der Waals surface area contributed by atoms with Gasteiger partial charge in [0, 0.05) is 18.2 Å². The first-order valence-corrected chi connectivity index (χ1v) is 7.58. The van der Waals surface area contributed by atoms with Crippen LogP contribution in [0.15, 0.2) is 12.1 Å². The number of ether oxygens (including phenoxy) is 1. The molecule has 3 nitrogen and oxygen atoms in total. The highest BCUT2D eigenvalue weighted by molar-refractivity contribution is 5.69. The number of nitrogens with one attached hydrogen (secondary N) is 1. The Morgan fingerprint density at radius 2 is 2.20 bits per heavy atom. The zero-order valence-electron chi connectivity index (χ0n) is 12.4. The molecule has 1 aromatic carbocycles. The number of hydrogen-bond acceptors (Lipinski definition) is 3. The minimum absolute atomic E-state index is 0.285. The Labute approximate surface area is 120 Å². The van der Waals surface area contributed by atoms with Crippen molar-refractivity contribution in [1.29, 1.82) is 0 Å². The van der Waals surface area contributed by atoms with Gasteiger partial charge in [0.2, 0.25) is 0 Å². The molecule has 4 heteroatoms. The van der Waals surface area contributed by atoms with E-state index in [1.807, 2.05) is 6.92 Å². The summed E-state index contributed by atoms with van der Waals surface area (Å²) in [7, 11) is 0. The summed E-state index contributed by atoms with van der Waals surface area (Å²) in [6, 6.07) is 3.46. The van der Waals surface area contributed by atoms with Gasteiger partial charge < -0.3 is 15.8 Å². The van der Waals surface area contributed by atoms with E-state index in [4.69, 9.17) is 10.5 Å². The molecular weight excluding hydrogens is 255 g/mol. The molecule has 20 heavy (non-hydrogen) atoms. The molecule has 112 valence electrons. The van der Waals surface area contributed by atoms with Crippen molar-refractivity contribution in [3.63, 3.8) is 0 Å². The minimum Gasteiger partial charge on any atom is -0.490 e. The molecular formula is C16H25FN2O. The Morgan fingerprint density at radius 1 is 1.40 bits per heavy atom. The van der Waals surface area contributed by atoms with E-state index >= 15 is 0 Å². The molecule has 0 radical (unpaired) electrons. The van der Waals surface area contributed by atoms with Crippen LogP contribution < -0.4 is 15.8 Å². The van der Waals surface area contributed by atoms with Crippen LogP contribution in [0.5, 0.6) is 5.75 Å². The van der Waals surface area contributed by atoms with E-state index in [9.17, 15) is 4.39 Å². The molecule has 0 bridgehead atoms. The SMILES string of the molecule is CCCOc1cc(NC2CCCC(C)C2)c(N)cc1F. The highest BCUT2D eigenvalue weighted by Gasteiger charge is 2.20. The molecule has 3 N–H and O–H groups in total. The second-order valence-electron chi connectivity index (χ2n) is 5.83. The van der Waals surface area contributed by atoms with E-state index in [-0.39, 0.29) is 5.75 Å². The molecule has 1 aromatic rings. The maximum atomic E-state index is 13.8. The van der Waals surface area contributed by atoms with Gasteiger partial charge in [-0.1, -0.05) is 26.7 Å². The summed E-state index contributed by atoms with van der Waals surface area (Å²) in [6.45, 7) is 4.79. The standard InChI is InChI=1S/C16H25FN2O/c1-3-7-20-16-10-15(14(18)9-13(16)17)19-12-6-4-5-11(2)8-12/h9-12,19H,3-8,18H2,1-2H3. The Bertz CT molecular complexity index is 450. The van der Waals surface area contributed by atoms with Crippen LogP contribution >= 0.6 is 0 Å². The maximum absolute atomic E-state index is 13.8. The molecule has 2 unspecified atom stereocenters. The van der Waals surface area contributed by atoms with Crippen LogP contribution in [0.4, 0.5) is 15.8 Å². The van der Waals surface area contributed by atoms with Crippen LogP contribution in [0.3, 0.4) is 0 Å². The average Bonchev–Trinajstić information content (AvgIpc) is 2.40. The first-order valence-electron chi connectivity index (χ1n) is 7.58. The molecule has 0 spiro atoms. The summed E-state index contributed by atoms with van der Waals surface area (Å²) in [5, 5.41) is 3.45. The molecule has 1 aliphatic carbocycles. The smallest absolute Gasteiger partial charge is 0.167 e. The molecule has 2 rings (SSSR count). The van der Waals surface area contributed by atoms with Crippen molar-refractivity contribution in [2.45, 2.75) is 52.0 Å². The van der Waals surface area contributed by atoms with Gasteiger partial charge in [-0.15, -0.1) is 0 Å². The van der Waals surface area contributed by atoms with Gasteiger partial charge in [0.1, 0.15) is 0 Å². The molecule has 0 aliphatic heterocycles. The Kier molecular flexibility index (Phi) is 5.10. The number of benzene rings is 1. The molecule has 1 fully saturated rings. The van der Waals surface area contributed by atoms with Crippen LogP contribution in [0, 0.1) is 11.7 Å². The first kappa shape index (κ1) is 14.9. The van der Waals surface area contributed by atoms with Crippen LogP contribution in [-0.2, 0) is 0 Å². The van der Waals surface area contributed by atoms with E-state index in [1.54, 1.807) is 6.07 Å². The van der Waals surface area contributed by atoms with Gasteiger partial charge in [0.25, 0.3) is 0 Å². The Morgan fingerprint density at radius 3 is 2.90 bits per heavy atom. The summed E-state index contributed by atoms with van der Waals surface area (Å²) in [6.07, 6.45) is 5.67. The van der Waals surface area contributed by atoms with Crippen LogP contribution in [0.2, 0.25) is 0 Å². The first-order chi connectivity index (χ1) is 9.60. The molecule has 1 aliphatic rings. The summed E-state index contributed by atoms with van der Waals surface area (Å²) >= 11 is 0. The van der Waals surface area contributed by atoms with Crippen molar-refractivity contribution in [2.24, 2.45) is 5.92 Å². The molecule has 0 saturated heterocycles. The third kappa shape index (κ3) is 3.78. The van der Waals surface area contributed by atoms with Crippen molar-refractivity contribution in [1.82, 2.24) is 0 Å². The van der Waals surface area contributed by atoms with Crippen molar-refractivity contribution < 1.29 is 9.13 Å². The molecule has 1 saturated carbocycles. The van der Waals surface area contributed by atoms with Crippen molar-refractivity contribution in [3.8, 4) is 5.75 Å². The number of hydrogen-bond donors (Lipinski definition) is 2. The van der Waals surface area contributed by atoms with E-state index < -0.39 is 5.82 Å². The molecule has 0 amide bonds. The highest BCUT2D eigenvalue weighted by Crippen LogP contribution is 2.32. The molecule has 0 aromatic heterocycles. The van der Waals surface area contributed by atoms with Crippen LogP contribution in [-0.4, -0.2) is 12.6 Å². The topological polar surface area (TPSA) is 47.3 Å². The van der Waals surface area contributed by atoms with E-state index in [1.165, 1.54) is 18.9 Å². The normalized spacial score (nSPS) is 22.6. The number of rotatable bonds is 5. The zero-order valence-corrected chi connectivity index (χ0v) is 12.4. The summed E-state index contributed by atoms with van der Waals surface area (Å²) in [5.41, 5.74) is 7.15. The third-order valence-electron chi connectivity index (χ3n) is 3.86. The maximum Gasteiger partial charge on any atom is 0.167 e. The third-order valence-corrected chi connectivity index (χ3v) is 3.86. The summed E-state index contributed by atoms with van der Waals surface area (Å²) in [5.74, 6) is 0.629. The van der Waals surface area contributed by atoms with Gasteiger partial charge in [-0.25, -0.2) is 4.39 Å². The van der Waals surface area contributed by atoms with Gasteiger partial charge in [-0.05, 0) is 25.2 Å². The van der Waals surface area contributed by atoms with E-state index in [0.29, 0.717) is 18.3 Å². The second-order valence-corrected chi connectivity index (χ2v) is 5.83. The van der Waals surface area contributed by atoms with Gasteiger partial charge in [-0.3, -0.25) is 0 Å². The van der Waals surface area contributed by atoms with Gasteiger partial charge in [0.05, 0.1) is 18.0 Å². The van der Waals surface area contributed by atoms with Gasteiger partial charge in [-0.2, -0.15) is 0 Å². The molecule has 0 heterocycles. The van der Waals surface area contributed by atoms with Gasteiger partial charge in [0.15, 0.2) is 11.6 Å². The number of nitrogens with two attached hydrogens (primary N) is 1. The zero-order chi connectivity index (χ0) is 14.5. The quantitative estimate of drug-likeness (QED) is 0.795. The van der Waals surface area contributed by atoms with E-state index in [0.717, 1.165) is 30.9 Å². The van der Waals surface area contributed by atoms with Crippen LogP contribution in [0.1, 0.15) is 46.0 Å². The van der Waals surface area contributed by atoms with Crippen molar-refractivity contribution in [3.05, 3.63) is 17.9 Å². The fourth-order valence-corrected chi connectivity index (χ4v) is 2.80. The monoisotopic (exact) mass is 280 g/mol.